The smallest absolute Gasteiger partial charge is 0.171 e. The van der Waals surface area contributed by atoms with E-state index in [9.17, 15) is 0 Å². The van der Waals surface area contributed by atoms with Gasteiger partial charge < -0.3 is 5.32 Å². The lowest BCUT2D eigenvalue weighted by Gasteiger charge is -2.05. The van der Waals surface area contributed by atoms with Gasteiger partial charge in [-0.2, -0.15) is 10.4 Å². The first-order valence-electron chi connectivity index (χ1n) is 5.19. The van der Waals surface area contributed by atoms with Crippen LogP contribution in [0.3, 0.4) is 0 Å². The second kappa shape index (κ2) is 4.39. The van der Waals surface area contributed by atoms with E-state index < -0.39 is 0 Å². The van der Waals surface area contributed by atoms with Crippen molar-refractivity contribution in [3.8, 4) is 6.07 Å². The van der Waals surface area contributed by atoms with Gasteiger partial charge in [-0.15, -0.1) is 16.4 Å². The molecule has 0 spiro atoms. The summed E-state index contributed by atoms with van der Waals surface area (Å²) >= 11 is 1.57. The van der Waals surface area contributed by atoms with E-state index in [1.807, 2.05) is 18.2 Å². The van der Waals surface area contributed by atoms with Crippen LogP contribution < -0.4 is 5.32 Å². The van der Waals surface area contributed by atoms with Crippen LogP contribution in [0.4, 0.5) is 11.5 Å². The Balaban J connectivity index is 1.98. The van der Waals surface area contributed by atoms with Gasteiger partial charge in [0.15, 0.2) is 5.82 Å². The molecule has 5 nitrogen and oxygen atoms in total. The molecule has 6 heteroatoms. The van der Waals surface area contributed by atoms with Crippen molar-refractivity contribution in [2.75, 3.05) is 5.32 Å². The summed E-state index contributed by atoms with van der Waals surface area (Å²) in [5, 5.41) is 19.7. The molecule has 1 N–H and O–H groups in total. The first kappa shape index (κ1) is 10.6. The maximum absolute atomic E-state index is 8.97. The number of rotatable bonds is 2. The van der Waals surface area contributed by atoms with Gasteiger partial charge in [0.05, 0.1) is 27.5 Å². The van der Waals surface area contributed by atoms with Crippen LogP contribution in [0.15, 0.2) is 36.0 Å². The van der Waals surface area contributed by atoms with Crippen LogP contribution in [0.2, 0.25) is 0 Å². The van der Waals surface area contributed by atoms with Crippen molar-refractivity contribution in [1.29, 1.82) is 5.26 Å². The van der Waals surface area contributed by atoms with Crippen molar-refractivity contribution in [2.24, 2.45) is 0 Å². The number of nitrogens with zero attached hydrogens (tertiary/aromatic N) is 4. The van der Waals surface area contributed by atoms with Crippen molar-refractivity contribution in [2.45, 2.75) is 0 Å². The molecule has 0 amide bonds. The average Bonchev–Trinajstić information content (AvgIpc) is 2.87. The Morgan fingerprint density at radius 2 is 2.22 bits per heavy atom. The lowest BCUT2D eigenvalue weighted by molar-refractivity contribution is 1.03. The van der Waals surface area contributed by atoms with E-state index in [0.29, 0.717) is 11.4 Å². The fourth-order valence-electron chi connectivity index (χ4n) is 1.58. The minimum atomic E-state index is 0.462. The highest BCUT2D eigenvalue weighted by Crippen LogP contribution is 2.24. The number of hydrogen-bond acceptors (Lipinski definition) is 6. The third-order valence-corrected chi connectivity index (χ3v) is 3.23. The van der Waals surface area contributed by atoms with E-state index in [1.54, 1.807) is 22.9 Å². The topological polar surface area (TPSA) is 74.5 Å². The van der Waals surface area contributed by atoms with E-state index in [2.05, 4.69) is 26.6 Å². The Morgan fingerprint density at radius 1 is 1.28 bits per heavy atom. The van der Waals surface area contributed by atoms with Crippen molar-refractivity contribution in [3.05, 3.63) is 41.5 Å². The molecule has 2 aromatic heterocycles. The highest BCUT2D eigenvalue weighted by Gasteiger charge is 2.05. The fraction of sp³-hybridized carbons (Fsp3) is 0. The van der Waals surface area contributed by atoms with Crippen molar-refractivity contribution in [3.63, 3.8) is 0 Å². The largest absolute Gasteiger partial charge is 0.338 e. The third-order valence-electron chi connectivity index (χ3n) is 2.44. The summed E-state index contributed by atoms with van der Waals surface area (Å²) in [6, 6.07) is 9.50. The second-order valence-electron chi connectivity index (χ2n) is 3.57. The number of nitrogens with one attached hydrogen (secondary N) is 1. The summed E-state index contributed by atoms with van der Waals surface area (Å²) in [6.45, 7) is 0. The van der Waals surface area contributed by atoms with E-state index in [4.69, 9.17) is 5.26 Å². The number of anilines is 2. The van der Waals surface area contributed by atoms with Gasteiger partial charge in [0.1, 0.15) is 6.07 Å². The van der Waals surface area contributed by atoms with E-state index in [-0.39, 0.29) is 0 Å². The predicted octanol–water partition coefficient (Wildman–Crippen LogP) is 2.70. The number of nitriles is 1. The van der Waals surface area contributed by atoms with Crippen LogP contribution in [-0.4, -0.2) is 15.2 Å². The first-order valence-corrected chi connectivity index (χ1v) is 6.07. The number of hydrogen-bond donors (Lipinski definition) is 1. The standard InChI is InChI=1S/C12H7N5S/c13-6-8-3-4-15-17-12(8)16-9-1-2-10-11(5-9)18-7-14-10/h1-5,7H,(H,16,17). The number of benzene rings is 1. The lowest BCUT2D eigenvalue weighted by atomic mass is 10.2. The Hall–Kier alpha value is -2.52. The van der Waals surface area contributed by atoms with Crippen LogP contribution in [-0.2, 0) is 0 Å². The van der Waals surface area contributed by atoms with Gasteiger partial charge in [-0.1, -0.05) is 0 Å². The molecular formula is C12H7N5S. The summed E-state index contributed by atoms with van der Waals surface area (Å²) in [5.74, 6) is 0.462. The molecule has 86 valence electrons. The van der Waals surface area contributed by atoms with Crippen molar-refractivity contribution in [1.82, 2.24) is 15.2 Å². The Kier molecular flexibility index (Phi) is 2.59. The van der Waals surface area contributed by atoms with Gasteiger partial charge in [0.25, 0.3) is 0 Å². The molecule has 0 radical (unpaired) electrons. The summed E-state index contributed by atoms with van der Waals surface area (Å²) < 4.78 is 1.09. The number of thiazole rings is 1. The van der Waals surface area contributed by atoms with E-state index in [0.717, 1.165) is 15.9 Å². The van der Waals surface area contributed by atoms with Gasteiger partial charge in [0.2, 0.25) is 0 Å². The molecule has 0 aliphatic carbocycles. The van der Waals surface area contributed by atoms with Gasteiger partial charge in [-0.25, -0.2) is 4.98 Å². The Morgan fingerprint density at radius 3 is 3.11 bits per heavy atom. The maximum Gasteiger partial charge on any atom is 0.171 e. The molecule has 0 bridgehead atoms. The molecule has 18 heavy (non-hydrogen) atoms. The van der Waals surface area contributed by atoms with Crippen molar-refractivity contribution < 1.29 is 0 Å². The molecule has 0 atom stereocenters. The average molecular weight is 253 g/mol. The van der Waals surface area contributed by atoms with Crippen LogP contribution >= 0.6 is 11.3 Å². The van der Waals surface area contributed by atoms with Crippen LogP contribution in [0.5, 0.6) is 0 Å². The molecule has 0 saturated carbocycles. The number of fused-ring (bicyclic) bond motifs is 1. The van der Waals surface area contributed by atoms with E-state index in [1.165, 1.54) is 6.20 Å². The second-order valence-corrected chi connectivity index (χ2v) is 4.45. The highest BCUT2D eigenvalue weighted by atomic mass is 32.1. The van der Waals surface area contributed by atoms with Gasteiger partial charge in [-0.3, -0.25) is 0 Å². The molecular weight excluding hydrogens is 246 g/mol. The molecule has 3 rings (SSSR count). The SMILES string of the molecule is N#Cc1ccnnc1Nc1ccc2ncsc2c1. The zero-order chi connectivity index (χ0) is 12.4. The summed E-state index contributed by atoms with van der Waals surface area (Å²) in [7, 11) is 0. The van der Waals surface area contributed by atoms with Crippen LogP contribution in [0.1, 0.15) is 5.56 Å². The Bertz CT molecular complexity index is 743. The van der Waals surface area contributed by atoms with Crippen LogP contribution in [0, 0.1) is 11.3 Å². The number of aromatic nitrogens is 3. The summed E-state index contributed by atoms with van der Waals surface area (Å²) in [4.78, 5) is 4.21. The monoisotopic (exact) mass is 253 g/mol. The summed E-state index contributed by atoms with van der Waals surface area (Å²) in [5.41, 5.74) is 4.10. The van der Waals surface area contributed by atoms with Gasteiger partial charge >= 0.3 is 0 Å². The molecule has 3 aromatic rings. The zero-order valence-corrected chi connectivity index (χ0v) is 9.98. The minimum Gasteiger partial charge on any atom is -0.338 e. The quantitative estimate of drug-likeness (QED) is 0.760. The zero-order valence-electron chi connectivity index (χ0n) is 9.16. The molecule has 0 saturated heterocycles. The Labute approximate surface area is 107 Å². The molecule has 0 unspecified atom stereocenters. The summed E-state index contributed by atoms with van der Waals surface area (Å²) in [6.07, 6.45) is 1.50. The van der Waals surface area contributed by atoms with Gasteiger partial charge in [0, 0.05) is 5.69 Å². The molecule has 2 heterocycles. The van der Waals surface area contributed by atoms with Gasteiger partial charge in [-0.05, 0) is 24.3 Å². The van der Waals surface area contributed by atoms with Crippen LogP contribution in [0.25, 0.3) is 10.2 Å². The first-order chi connectivity index (χ1) is 8.86. The fourth-order valence-corrected chi connectivity index (χ4v) is 2.30. The third kappa shape index (κ3) is 1.87. The molecule has 0 aliphatic heterocycles. The molecule has 0 fully saturated rings. The minimum absolute atomic E-state index is 0.462. The highest BCUT2D eigenvalue weighted by molar-refractivity contribution is 7.16. The van der Waals surface area contributed by atoms with Crippen molar-refractivity contribution >= 4 is 33.1 Å². The van der Waals surface area contributed by atoms with E-state index >= 15 is 0 Å². The normalized spacial score (nSPS) is 10.2. The maximum atomic E-state index is 8.97. The molecule has 0 aliphatic rings. The molecule has 1 aromatic carbocycles. The predicted molar refractivity (Wildman–Crippen MR) is 69.6 cm³/mol. The lowest BCUT2D eigenvalue weighted by Crippen LogP contribution is -1.97.